The first kappa shape index (κ1) is 10.1. The van der Waals surface area contributed by atoms with Crippen LogP contribution < -0.4 is 5.73 Å². The number of aromatic hydroxyl groups is 1. The molecule has 0 spiro atoms. The van der Waals surface area contributed by atoms with Crippen molar-refractivity contribution in [3.8, 4) is 5.75 Å². The second kappa shape index (κ2) is 3.47. The topological polar surface area (TPSA) is 49.5 Å². The molecule has 0 amide bonds. The van der Waals surface area contributed by atoms with Crippen LogP contribution in [-0.4, -0.2) is 28.6 Å². The number of hydrogen-bond donors (Lipinski definition) is 2. The summed E-state index contributed by atoms with van der Waals surface area (Å²) in [6.07, 6.45) is 2.63. The van der Waals surface area contributed by atoms with Crippen LogP contribution in [0, 0.1) is 5.92 Å². The molecule has 1 aromatic rings. The Kier molecular flexibility index (Phi) is 2.19. The highest BCUT2D eigenvalue weighted by Crippen LogP contribution is 2.43. The zero-order chi connectivity index (χ0) is 11.2. The monoisotopic (exact) mass is 218 g/mol. The smallest absolute Gasteiger partial charge is 0.115 e. The molecule has 0 aromatic heterocycles. The van der Waals surface area contributed by atoms with Crippen molar-refractivity contribution in [1.82, 2.24) is 4.90 Å². The molecule has 1 saturated heterocycles. The van der Waals surface area contributed by atoms with Crippen LogP contribution in [0.15, 0.2) is 24.3 Å². The summed E-state index contributed by atoms with van der Waals surface area (Å²) in [4.78, 5) is 2.35. The Labute approximate surface area is 95.9 Å². The molecule has 3 nitrogen and oxygen atoms in total. The second-order valence-electron chi connectivity index (χ2n) is 5.32. The lowest BCUT2D eigenvalue weighted by molar-refractivity contribution is 0.0478. The third-order valence-corrected chi connectivity index (χ3v) is 3.74. The summed E-state index contributed by atoms with van der Waals surface area (Å²) in [5, 5.41) is 9.37. The van der Waals surface area contributed by atoms with Crippen LogP contribution in [0.25, 0.3) is 0 Å². The average molecular weight is 218 g/mol. The molecule has 1 heterocycles. The molecule has 1 saturated carbocycles. The van der Waals surface area contributed by atoms with E-state index in [1.165, 1.54) is 12.8 Å². The van der Waals surface area contributed by atoms with Crippen LogP contribution >= 0.6 is 0 Å². The first-order chi connectivity index (χ1) is 7.66. The number of rotatable bonds is 3. The van der Waals surface area contributed by atoms with Gasteiger partial charge in [0.05, 0.1) is 0 Å². The zero-order valence-corrected chi connectivity index (χ0v) is 9.39. The number of phenolic OH excluding ortho intramolecular Hbond substituents is 1. The summed E-state index contributed by atoms with van der Waals surface area (Å²) in [5.74, 6) is 1.12. The minimum atomic E-state index is 0.0941. The van der Waals surface area contributed by atoms with Gasteiger partial charge in [-0.05, 0) is 36.5 Å². The zero-order valence-electron chi connectivity index (χ0n) is 9.39. The standard InChI is InChI=1S/C13H18N2O/c14-13(11-4-5-11)8-15(9-13)7-10-2-1-3-12(16)6-10/h1-3,6,11,16H,4-5,7-9,14H2. The molecule has 0 atom stereocenters. The van der Waals surface area contributed by atoms with Crippen LogP contribution in [0.3, 0.4) is 0 Å². The molecule has 1 aliphatic carbocycles. The molecule has 1 aliphatic heterocycles. The largest absolute Gasteiger partial charge is 0.508 e. The molecule has 0 bridgehead atoms. The lowest BCUT2D eigenvalue weighted by atomic mass is 9.85. The van der Waals surface area contributed by atoms with E-state index in [1.54, 1.807) is 6.07 Å². The molecule has 3 heteroatoms. The third kappa shape index (κ3) is 1.81. The fourth-order valence-electron chi connectivity index (χ4n) is 2.73. The lowest BCUT2D eigenvalue weighted by Gasteiger charge is -2.48. The van der Waals surface area contributed by atoms with Gasteiger partial charge in [-0.3, -0.25) is 4.90 Å². The summed E-state index contributed by atoms with van der Waals surface area (Å²) >= 11 is 0. The summed E-state index contributed by atoms with van der Waals surface area (Å²) in [6.45, 7) is 2.92. The average Bonchev–Trinajstić information content (AvgIpc) is 2.98. The Hall–Kier alpha value is -1.06. The van der Waals surface area contributed by atoms with Crippen molar-refractivity contribution < 1.29 is 5.11 Å². The van der Waals surface area contributed by atoms with Gasteiger partial charge in [-0.25, -0.2) is 0 Å². The van der Waals surface area contributed by atoms with E-state index in [9.17, 15) is 5.11 Å². The molecule has 16 heavy (non-hydrogen) atoms. The van der Waals surface area contributed by atoms with Gasteiger partial charge in [0, 0.05) is 25.2 Å². The van der Waals surface area contributed by atoms with Crippen molar-refractivity contribution in [3.63, 3.8) is 0 Å². The van der Waals surface area contributed by atoms with Crippen LogP contribution in [0.2, 0.25) is 0 Å². The molecular formula is C13H18N2O. The summed E-state index contributed by atoms with van der Waals surface area (Å²) < 4.78 is 0. The Morgan fingerprint density at radius 3 is 2.75 bits per heavy atom. The van der Waals surface area contributed by atoms with E-state index >= 15 is 0 Å². The minimum Gasteiger partial charge on any atom is -0.508 e. The number of benzene rings is 1. The maximum atomic E-state index is 9.37. The van der Waals surface area contributed by atoms with E-state index in [1.807, 2.05) is 18.2 Å². The fraction of sp³-hybridized carbons (Fsp3) is 0.538. The molecule has 2 aliphatic rings. The maximum Gasteiger partial charge on any atom is 0.115 e. The molecule has 1 aromatic carbocycles. The van der Waals surface area contributed by atoms with Crippen LogP contribution in [-0.2, 0) is 6.54 Å². The molecule has 0 radical (unpaired) electrons. The third-order valence-electron chi connectivity index (χ3n) is 3.74. The van der Waals surface area contributed by atoms with Gasteiger partial charge in [0.25, 0.3) is 0 Å². The lowest BCUT2D eigenvalue weighted by Crippen LogP contribution is -2.68. The molecule has 3 rings (SSSR count). The van der Waals surface area contributed by atoms with Crippen LogP contribution in [0.5, 0.6) is 5.75 Å². The highest BCUT2D eigenvalue weighted by molar-refractivity contribution is 5.27. The Morgan fingerprint density at radius 2 is 2.12 bits per heavy atom. The van der Waals surface area contributed by atoms with E-state index < -0.39 is 0 Å². The number of nitrogens with zero attached hydrogens (tertiary/aromatic N) is 1. The van der Waals surface area contributed by atoms with Crippen molar-refractivity contribution in [1.29, 1.82) is 0 Å². The first-order valence-electron chi connectivity index (χ1n) is 5.95. The second-order valence-corrected chi connectivity index (χ2v) is 5.32. The summed E-state index contributed by atoms with van der Waals surface area (Å²) in [7, 11) is 0. The highest BCUT2D eigenvalue weighted by atomic mass is 16.3. The predicted octanol–water partition coefficient (Wildman–Crippen LogP) is 1.32. The Balaban J connectivity index is 1.58. The quantitative estimate of drug-likeness (QED) is 0.804. The van der Waals surface area contributed by atoms with Crippen molar-refractivity contribution in [2.45, 2.75) is 24.9 Å². The number of hydrogen-bond acceptors (Lipinski definition) is 3. The summed E-state index contributed by atoms with van der Waals surface area (Å²) in [6, 6.07) is 7.47. The minimum absolute atomic E-state index is 0.0941. The Bertz CT molecular complexity index is 395. The SMILES string of the molecule is NC1(C2CC2)CN(Cc2cccc(O)c2)C1. The molecule has 86 valence electrons. The molecular weight excluding hydrogens is 200 g/mol. The number of nitrogens with two attached hydrogens (primary N) is 1. The normalized spacial score (nSPS) is 24.1. The molecule has 2 fully saturated rings. The van der Waals surface area contributed by atoms with Gasteiger partial charge in [-0.1, -0.05) is 12.1 Å². The van der Waals surface area contributed by atoms with Gasteiger partial charge in [-0.15, -0.1) is 0 Å². The predicted molar refractivity (Wildman–Crippen MR) is 63.0 cm³/mol. The van der Waals surface area contributed by atoms with Gasteiger partial charge in [0.15, 0.2) is 0 Å². The van der Waals surface area contributed by atoms with Crippen molar-refractivity contribution in [2.75, 3.05) is 13.1 Å². The van der Waals surface area contributed by atoms with Gasteiger partial charge >= 0.3 is 0 Å². The maximum absolute atomic E-state index is 9.37. The van der Waals surface area contributed by atoms with E-state index in [4.69, 9.17) is 5.73 Å². The van der Waals surface area contributed by atoms with E-state index in [0.29, 0.717) is 5.75 Å². The molecule has 3 N–H and O–H groups in total. The summed E-state index contributed by atoms with van der Waals surface area (Å²) in [5.41, 5.74) is 7.55. The molecule has 0 unspecified atom stereocenters. The van der Waals surface area contributed by atoms with Crippen molar-refractivity contribution in [2.24, 2.45) is 11.7 Å². The highest BCUT2D eigenvalue weighted by Gasteiger charge is 2.49. The number of likely N-dealkylation sites (tertiary alicyclic amines) is 1. The fourth-order valence-corrected chi connectivity index (χ4v) is 2.73. The van der Waals surface area contributed by atoms with Crippen molar-refractivity contribution in [3.05, 3.63) is 29.8 Å². The van der Waals surface area contributed by atoms with Gasteiger partial charge in [-0.2, -0.15) is 0 Å². The van der Waals surface area contributed by atoms with Crippen LogP contribution in [0.1, 0.15) is 18.4 Å². The van der Waals surface area contributed by atoms with Gasteiger partial charge < -0.3 is 10.8 Å². The first-order valence-corrected chi connectivity index (χ1v) is 5.95. The van der Waals surface area contributed by atoms with Crippen molar-refractivity contribution >= 4 is 0 Å². The van der Waals surface area contributed by atoms with E-state index in [0.717, 1.165) is 31.1 Å². The Morgan fingerprint density at radius 1 is 1.38 bits per heavy atom. The number of phenols is 1. The van der Waals surface area contributed by atoms with Crippen LogP contribution in [0.4, 0.5) is 0 Å². The van der Waals surface area contributed by atoms with Gasteiger partial charge in [0.1, 0.15) is 5.75 Å². The van der Waals surface area contributed by atoms with E-state index in [-0.39, 0.29) is 5.54 Å². The van der Waals surface area contributed by atoms with Gasteiger partial charge in [0.2, 0.25) is 0 Å². The van der Waals surface area contributed by atoms with E-state index in [2.05, 4.69) is 4.90 Å².